The second-order valence-corrected chi connectivity index (χ2v) is 5.13. The van der Waals surface area contributed by atoms with Crippen molar-refractivity contribution in [1.29, 1.82) is 0 Å². The van der Waals surface area contributed by atoms with Crippen molar-refractivity contribution in [2.75, 3.05) is 0 Å². The molecule has 19 heavy (non-hydrogen) atoms. The normalized spacial score (nSPS) is 12.8. The topological polar surface area (TPSA) is 93.5 Å². The lowest BCUT2D eigenvalue weighted by Gasteiger charge is -2.22. The third-order valence-corrected chi connectivity index (χ3v) is 2.22. The quantitative estimate of drug-likeness (QED) is 0.839. The second-order valence-electron chi connectivity index (χ2n) is 5.13. The molecule has 1 atom stereocenters. The number of carboxylic acid groups (broad SMARTS) is 1. The number of carbonyl (C=O) groups excluding carboxylic acids is 1. The van der Waals surface area contributed by atoms with Gasteiger partial charge in [0.25, 0.3) is 0 Å². The summed E-state index contributed by atoms with van der Waals surface area (Å²) in [6, 6.07) is -0.989. The molecule has 1 aromatic heterocycles. The van der Waals surface area contributed by atoms with E-state index in [1.54, 1.807) is 44.1 Å². The molecule has 1 aromatic rings. The minimum absolute atomic E-state index is 0.255. The highest BCUT2D eigenvalue weighted by molar-refractivity contribution is 5.79. The molecule has 0 radical (unpaired) electrons. The van der Waals surface area contributed by atoms with Gasteiger partial charge < -0.3 is 19.7 Å². The van der Waals surface area contributed by atoms with Gasteiger partial charge in [-0.2, -0.15) is 0 Å². The molecule has 0 aromatic carbocycles. The number of carboxylic acids is 1. The molecule has 0 bridgehead atoms. The van der Waals surface area contributed by atoms with E-state index in [2.05, 4.69) is 10.3 Å². The van der Waals surface area contributed by atoms with E-state index in [1.165, 1.54) is 0 Å². The number of imidazole rings is 1. The van der Waals surface area contributed by atoms with E-state index < -0.39 is 23.7 Å². The molecular formula is C12H19N3O4. The molecule has 0 unspecified atom stereocenters. The summed E-state index contributed by atoms with van der Waals surface area (Å²) in [5, 5.41) is 11.4. The predicted molar refractivity (Wildman–Crippen MR) is 67.6 cm³/mol. The SMILES string of the molecule is CC(C)(C)OC(=O)N[C@H](CCn1ccnc1)C(=O)O. The molecule has 106 valence electrons. The first-order valence-corrected chi connectivity index (χ1v) is 5.96. The van der Waals surface area contributed by atoms with Crippen LogP contribution in [-0.4, -0.2) is 38.4 Å². The minimum atomic E-state index is -1.09. The Hall–Kier alpha value is -2.05. The van der Waals surface area contributed by atoms with Gasteiger partial charge in [0.2, 0.25) is 0 Å². The molecule has 0 fully saturated rings. The smallest absolute Gasteiger partial charge is 0.408 e. The summed E-state index contributed by atoms with van der Waals surface area (Å²) in [6.07, 6.45) is 4.45. The van der Waals surface area contributed by atoms with Gasteiger partial charge >= 0.3 is 12.1 Å². The Labute approximate surface area is 111 Å². The number of nitrogens with one attached hydrogen (secondary N) is 1. The molecule has 2 N–H and O–H groups in total. The summed E-state index contributed by atoms with van der Waals surface area (Å²) in [6.45, 7) is 5.60. The average molecular weight is 269 g/mol. The standard InChI is InChI=1S/C12H19N3O4/c1-12(2,3)19-11(18)14-9(10(16)17)4-6-15-7-5-13-8-15/h5,7-9H,4,6H2,1-3H3,(H,14,18)(H,16,17)/t9-/m1/s1. The zero-order chi connectivity index (χ0) is 14.5. The zero-order valence-corrected chi connectivity index (χ0v) is 11.3. The largest absolute Gasteiger partial charge is 0.480 e. The molecule has 7 heteroatoms. The van der Waals surface area contributed by atoms with Crippen molar-refractivity contribution in [3.63, 3.8) is 0 Å². The van der Waals surface area contributed by atoms with E-state index in [4.69, 9.17) is 9.84 Å². The van der Waals surface area contributed by atoms with Crippen LogP contribution in [0.5, 0.6) is 0 Å². The third kappa shape index (κ3) is 5.89. The van der Waals surface area contributed by atoms with E-state index >= 15 is 0 Å². The molecule has 0 aliphatic carbocycles. The molecule has 1 rings (SSSR count). The number of aliphatic carboxylic acids is 1. The van der Waals surface area contributed by atoms with Crippen LogP contribution in [0.3, 0.4) is 0 Å². The minimum Gasteiger partial charge on any atom is -0.480 e. The van der Waals surface area contributed by atoms with Gasteiger partial charge in [-0.15, -0.1) is 0 Å². The van der Waals surface area contributed by atoms with E-state index in [1.807, 2.05) is 0 Å². The number of alkyl carbamates (subject to hydrolysis) is 1. The Morgan fingerprint density at radius 2 is 2.16 bits per heavy atom. The van der Waals surface area contributed by atoms with Crippen molar-refractivity contribution in [2.24, 2.45) is 0 Å². The van der Waals surface area contributed by atoms with Crippen LogP contribution in [0.1, 0.15) is 27.2 Å². The van der Waals surface area contributed by atoms with E-state index in [0.717, 1.165) is 0 Å². The van der Waals surface area contributed by atoms with Crippen molar-refractivity contribution < 1.29 is 19.4 Å². The summed E-state index contributed by atoms with van der Waals surface area (Å²) in [5.41, 5.74) is -0.655. The first-order chi connectivity index (χ1) is 8.78. The van der Waals surface area contributed by atoms with Gasteiger partial charge in [0.15, 0.2) is 0 Å². The summed E-state index contributed by atoms with van der Waals surface area (Å²) < 4.78 is 6.77. The van der Waals surface area contributed by atoms with Gasteiger partial charge in [-0.25, -0.2) is 14.6 Å². The maximum atomic E-state index is 11.5. The summed E-state index contributed by atoms with van der Waals surface area (Å²) in [4.78, 5) is 26.4. The van der Waals surface area contributed by atoms with Crippen molar-refractivity contribution in [1.82, 2.24) is 14.9 Å². The van der Waals surface area contributed by atoms with Crippen LogP contribution in [0.4, 0.5) is 4.79 Å². The van der Waals surface area contributed by atoms with Crippen LogP contribution >= 0.6 is 0 Å². The first-order valence-electron chi connectivity index (χ1n) is 5.96. The monoisotopic (exact) mass is 269 g/mol. The van der Waals surface area contributed by atoms with Crippen LogP contribution < -0.4 is 5.32 Å². The van der Waals surface area contributed by atoms with Crippen molar-refractivity contribution in [3.05, 3.63) is 18.7 Å². The maximum Gasteiger partial charge on any atom is 0.408 e. The third-order valence-electron chi connectivity index (χ3n) is 2.22. The zero-order valence-electron chi connectivity index (χ0n) is 11.3. The molecule has 0 spiro atoms. The number of nitrogens with zero attached hydrogens (tertiary/aromatic N) is 2. The van der Waals surface area contributed by atoms with E-state index in [0.29, 0.717) is 6.54 Å². The molecule has 7 nitrogen and oxygen atoms in total. The average Bonchev–Trinajstić information content (AvgIpc) is 2.73. The molecule has 0 aliphatic heterocycles. The Morgan fingerprint density at radius 3 is 2.63 bits per heavy atom. The van der Waals surface area contributed by atoms with E-state index in [-0.39, 0.29) is 6.42 Å². The van der Waals surface area contributed by atoms with Crippen LogP contribution in [-0.2, 0) is 16.1 Å². The number of hydrogen-bond donors (Lipinski definition) is 2. The molecule has 1 heterocycles. The highest BCUT2D eigenvalue weighted by Gasteiger charge is 2.23. The van der Waals surface area contributed by atoms with Crippen LogP contribution in [0.2, 0.25) is 0 Å². The fourth-order valence-electron chi connectivity index (χ4n) is 1.40. The van der Waals surface area contributed by atoms with Crippen molar-refractivity contribution in [3.8, 4) is 0 Å². The van der Waals surface area contributed by atoms with Gasteiger partial charge in [0.05, 0.1) is 6.33 Å². The van der Waals surface area contributed by atoms with Crippen molar-refractivity contribution >= 4 is 12.1 Å². The van der Waals surface area contributed by atoms with Crippen LogP contribution in [0.25, 0.3) is 0 Å². The summed E-state index contributed by atoms with van der Waals surface area (Å²) in [7, 11) is 0. The highest BCUT2D eigenvalue weighted by atomic mass is 16.6. The van der Waals surface area contributed by atoms with Crippen molar-refractivity contribution in [2.45, 2.75) is 45.4 Å². The molecule has 1 amide bonds. The molecule has 0 saturated heterocycles. The van der Waals surface area contributed by atoms with E-state index in [9.17, 15) is 9.59 Å². The van der Waals surface area contributed by atoms with Gasteiger partial charge in [0.1, 0.15) is 11.6 Å². The Bertz CT molecular complexity index is 423. The van der Waals surface area contributed by atoms with Gasteiger partial charge in [-0.05, 0) is 27.2 Å². The first kappa shape index (κ1) is 15.0. The maximum absolute atomic E-state index is 11.5. The second kappa shape index (κ2) is 6.21. The number of ether oxygens (including phenoxy) is 1. The summed E-state index contributed by atoms with van der Waals surface area (Å²) >= 11 is 0. The van der Waals surface area contributed by atoms with Gasteiger partial charge in [-0.1, -0.05) is 0 Å². The lowest BCUT2D eigenvalue weighted by Crippen LogP contribution is -2.43. The number of aryl methyl sites for hydroxylation is 1. The number of aromatic nitrogens is 2. The Kier molecular flexibility index (Phi) is 4.91. The molecule has 0 aliphatic rings. The van der Waals surface area contributed by atoms with Gasteiger partial charge in [-0.3, -0.25) is 0 Å². The predicted octanol–water partition coefficient (Wildman–Crippen LogP) is 1.25. The van der Waals surface area contributed by atoms with Gasteiger partial charge in [0, 0.05) is 18.9 Å². The lowest BCUT2D eigenvalue weighted by atomic mass is 10.2. The highest BCUT2D eigenvalue weighted by Crippen LogP contribution is 2.07. The fraction of sp³-hybridized carbons (Fsp3) is 0.583. The number of hydrogen-bond acceptors (Lipinski definition) is 4. The number of amides is 1. The molecular weight excluding hydrogens is 250 g/mol. The fourth-order valence-corrected chi connectivity index (χ4v) is 1.40. The van der Waals surface area contributed by atoms with Crippen LogP contribution in [0.15, 0.2) is 18.7 Å². The summed E-state index contributed by atoms with van der Waals surface area (Å²) in [5.74, 6) is -1.09. The molecule has 0 saturated carbocycles. The Balaban J connectivity index is 2.49. The van der Waals surface area contributed by atoms with Crippen LogP contribution in [0, 0.1) is 0 Å². The number of carbonyl (C=O) groups is 2. The lowest BCUT2D eigenvalue weighted by molar-refractivity contribution is -0.139. The Morgan fingerprint density at radius 1 is 1.47 bits per heavy atom. The number of rotatable bonds is 5.